The largest absolute Gasteiger partial charge is 0.329 e. The van der Waals surface area contributed by atoms with Crippen molar-refractivity contribution < 1.29 is 0 Å². The molecule has 0 atom stereocenters. The van der Waals surface area contributed by atoms with Crippen molar-refractivity contribution in [2.45, 2.75) is 0 Å². The molecule has 4 heterocycles. The van der Waals surface area contributed by atoms with Gasteiger partial charge in [-0.1, -0.05) is 6.07 Å². The SMILES string of the molecule is C1=C(c2cccnc2)SCCN1c1ncnc2[nH]cnc12. The molecule has 21 heavy (non-hydrogen) atoms. The second kappa shape index (κ2) is 5.17. The van der Waals surface area contributed by atoms with E-state index in [4.69, 9.17) is 0 Å². The lowest BCUT2D eigenvalue weighted by atomic mass is 10.2. The number of imidazole rings is 1. The van der Waals surface area contributed by atoms with Gasteiger partial charge in [0.1, 0.15) is 6.33 Å². The average molecular weight is 296 g/mol. The van der Waals surface area contributed by atoms with E-state index in [9.17, 15) is 0 Å². The van der Waals surface area contributed by atoms with Gasteiger partial charge in [0.05, 0.1) is 6.33 Å². The van der Waals surface area contributed by atoms with Crippen LogP contribution in [0, 0.1) is 0 Å². The van der Waals surface area contributed by atoms with Gasteiger partial charge in [0, 0.05) is 41.4 Å². The van der Waals surface area contributed by atoms with Crippen molar-refractivity contribution >= 4 is 33.6 Å². The van der Waals surface area contributed by atoms with Crippen LogP contribution >= 0.6 is 11.8 Å². The Morgan fingerprint density at radius 1 is 1.24 bits per heavy atom. The van der Waals surface area contributed by atoms with E-state index in [1.165, 1.54) is 4.91 Å². The van der Waals surface area contributed by atoms with Gasteiger partial charge in [-0.15, -0.1) is 11.8 Å². The van der Waals surface area contributed by atoms with E-state index in [-0.39, 0.29) is 0 Å². The van der Waals surface area contributed by atoms with Crippen molar-refractivity contribution in [2.75, 3.05) is 17.2 Å². The highest BCUT2D eigenvalue weighted by atomic mass is 32.2. The Kier molecular flexibility index (Phi) is 3.04. The number of fused-ring (bicyclic) bond motifs is 1. The molecule has 0 aromatic carbocycles. The monoisotopic (exact) mass is 296 g/mol. The summed E-state index contributed by atoms with van der Waals surface area (Å²) in [5.41, 5.74) is 2.68. The van der Waals surface area contributed by atoms with E-state index in [2.05, 4.69) is 42.1 Å². The standard InChI is InChI=1S/C14H12N6S/c1-2-10(6-15-3-1)11-7-20(4-5-21-11)14-12-13(17-8-16-12)18-9-19-14/h1-3,6-9H,4-5H2,(H,16,17,18,19). The minimum atomic E-state index is 0.759. The van der Waals surface area contributed by atoms with Crippen LogP contribution in [0.2, 0.25) is 0 Å². The molecule has 0 bridgehead atoms. The highest BCUT2D eigenvalue weighted by Gasteiger charge is 2.18. The first-order valence-electron chi connectivity index (χ1n) is 6.57. The topological polar surface area (TPSA) is 70.6 Å². The minimum absolute atomic E-state index is 0.759. The number of aromatic amines is 1. The van der Waals surface area contributed by atoms with Crippen molar-refractivity contribution in [1.82, 2.24) is 24.9 Å². The molecule has 4 rings (SSSR count). The highest BCUT2D eigenvalue weighted by molar-refractivity contribution is 8.08. The molecule has 3 aromatic rings. The van der Waals surface area contributed by atoms with Crippen molar-refractivity contribution in [3.05, 3.63) is 48.9 Å². The molecule has 0 amide bonds. The van der Waals surface area contributed by atoms with Gasteiger partial charge in [0.2, 0.25) is 0 Å². The number of aromatic nitrogens is 5. The fourth-order valence-electron chi connectivity index (χ4n) is 2.29. The van der Waals surface area contributed by atoms with E-state index in [0.717, 1.165) is 34.8 Å². The minimum Gasteiger partial charge on any atom is -0.329 e. The highest BCUT2D eigenvalue weighted by Crippen LogP contribution is 2.33. The average Bonchev–Trinajstić information content (AvgIpc) is 3.04. The van der Waals surface area contributed by atoms with Gasteiger partial charge in [0.25, 0.3) is 0 Å². The fourth-order valence-corrected chi connectivity index (χ4v) is 3.29. The summed E-state index contributed by atoms with van der Waals surface area (Å²) in [5.74, 6) is 1.83. The van der Waals surface area contributed by atoms with Gasteiger partial charge in [-0.3, -0.25) is 4.98 Å². The zero-order valence-electron chi connectivity index (χ0n) is 11.1. The molecule has 0 aliphatic carbocycles. The van der Waals surface area contributed by atoms with E-state index in [0.29, 0.717) is 0 Å². The Morgan fingerprint density at radius 2 is 2.24 bits per heavy atom. The number of hydrogen-bond acceptors (Lipinski definition) is 6. The van der Waals surface area contributed by atoms with Gasteiger partial charge in [-0.2, -0.15) is 0 Å². The molecule has 0 radical (unpaired) electrons. The number of hydrogen-bond donors (Lipinski definition) is 1. The number of rotatable bonds is 2. The second-order valence-electron chi connectivity index (χ2n) is 4.57. The molecule has 1 aliphatic rings. The molecule has 7 heteroatoms. The van der Waals surface area contributed by atoms with Crippen molar-refractivity contribution in [3.8, 4) is 0 Å². The number of pyridine rings is 1. The van der Waals surface area contributed by atoms with Crippen LogP contribution in [0.1, 0.15) is 5.56 Å². The Labute approximate surface area is 125 Å². The van der Waals surface area contributed by atoms with Crippen molar-refractivity contribution in [1.29, 1.82) is 0 Å². The van der Waals surface area contributed by atoms with Crippen LogP contribution in [0.25, 0.3) is 16.1 Å². The van der Waals surface area contributed by atoms with Crippen LogP contribution < -0.4 is 4.90 Å². The number of nitrogens with zero attached hydrogens (tertiary/aromatic N) is 5. The predicted octanol–water partition coefficient (Wildman–Crippen LogP) is 2.30. The first-order chi connectivity index (χ1) is 10.4. The summed E-state index contributed by atoms with van der Waals surface area (Å²) in [6, 6.07) is 4.02. The quantitative estimate of drug-likeness (QED) is 0.782. The third-order valence-corrected chi connectivity index (χ3v) is 4.32. The number of thioether (sulfide) groups is 1. The van der Waals surface area contributed by atoms with Gasteiger partial charge < -0.3 is 9.88 Å². The molecular weight excluding hydrogens is 284 g/mol. The summed E-state index contributed by atoms with van der Waals surface area (Å²) in [7, 11) is 0. The van der Waals surface area contributed by atoms with Crippen LogP contribution in [-0.4, -0.2) is 37.2 Å². The maximum atomic E-state index is 4.39. The van der Waals surface area contributed by atoms with Crippen LogP contribution in [0.4, 0.5) is 5.82 Å². The molecule has 104 valence electrons. The van der Waals surface area contributed by atoms with E-state index >= 15 is 0 Å². The number of nitrogens with one attached hydrogen (secondary N) is 1. The normalized spacial score (nSPS) is 15.2. The van der Waals surface area contributed by atoms with Gasteiger partial charge in [-0.25, -0.2) is 15.0 Å². The number of H-pyrrole nitrogens is 1. The van der Waals surface area contributed by atoms with Crippen LogP contribution in [0.15, 0.2) is 43.4 Å². The molecule has 1 aliphatic heterocycles. The van der Waals surface area contributed by atoms with Crippen LogP contribution in [0.3, 0.4) is 0 Å². The Bertz CT molecular complexity index is 797. The third kappa shape index (κ3) is 2.25. The number of anilines is 1. The van der Waals surface area contributed by atoms with Crippen molar-refractivity contribution in [2.24, 2.45) is 0 Å². The maximum absolute atomic E-state index is 4.39. The van der Waals surface area contributed by atoms with E-state index in [1.807, 2.05) is 24.0 Å². The van der Waals surface area contributed by atoms with E-state index < -0.39 is 0 Å². The molecule has 0 saturated carbocycles. The summed E-state index contributed by atoms with van der Waals surface area (Å²) >= 11 is 1.83. The molecule has 6 nitrogen and oxygen atoms in total. The smallest absolute Gasteiger partial charge is 0.164 e. The molecule has 0 fully saturated rings. The van der Waals surface area contributed by atoms with Crippen LogP contribution in [-0.2, 0) is 0 Å². The lowest BCUT2D eigenvalue weighted by Crippen LogP contribution is -2.24. The zero-order valence-corrected chi connectivity index (χ0v) is 11.9. The van der Waals surface area contributed by atoms with Gasteiger partial charge >= 0.3 is 0 Å². The Balaban J connectivity index is 1.77. The first-order valence-corrected chi connectivity index (χ1v) is 7.56. The zero-order chi connectivity index (χ0) is 14.1. The van der Waals surface area contributed by atoms with Crippen molar-refractivity contribution in [3.63, 3.8) is 0 Å². The third-order valence-electron chi connectivity index (χ3n) is 3.28. The Hall–Kier alpha value is -2.41. The molecule has 1 N–H and O–H groups in total. The molecule has 3 aromatic heterocycles. The second-order valence-corrected chi connectivity index (χ2v) is 5.71. The fraction of sp³-hybridized carbons (Fsp3) is 0.143. The van der Waals surface area contributed by atoms with Gasteiger partial charge in [0.15, 0.2) is 17.0 Å². The Morgan fingerprint density at radius 3 is 3.14 bits per heavy atom. The molecule has 0 saturated heterocycles. The molecule has 0 unspecified atom stereocenters. The van der Waals surface area contributed by atoms with Crippen LogP contribution in [0.5, 0.6) is 0 Å². The predicted molar refractivity (Wildman–Crippen MR) is 83.7 cm³/mol. The summed E-state index contributed by atoms with van der Waals surface area (Å²) < 4.78 is 0. The molecule has 0 spiro atoms. The van der Waals surface area contributed by atoms with Gasteiger partial charge in [-0.05, 0) is 6.07 Å². The maximum Gasteiger partial charge on any atom is 0.164 e. The summed E-state index contributed by atoms with van der Waals surface area (Å²) in [6.45, 7) is 0.896. The van der Waals surface area contributed by atoms with E-state index in [1.54, 1.807) is 18.9 Å². The summed E-state index contributed by atoms with van der Waals surface area (Å²) in [6.07, 6.45) is 8.99. The summed E-state index contributed by atoms with van der Waals surface area (Å²) in [5, 5.41) is 0. The molecular formula is C14H12N6S. The summed E-state index contributed by atoms with van der Waals surface area (Å²) in [4.78, 5) is 23.4. The first kappa shape index (κ1) is 12.3. The lowest BCUT2D eigenvalue weighted by Gasteiger charge is -2.25. The lowest BCUT2D eigenvalue weighted by molar-refractivity contribution is 0.985.